The van der Waals surface area contributed by atoms with Gasteiger partial charge >= 0.3 is 5.97 Å². The zero-order valence-electron chi connectivity index (χ0n) is 13.9. The first kappa shape index (κ1) is 17.8. The number of hydrogen-bond donors (Lipinski definition) is 0. The highest BCUT2D eigenvalue weighted by Crippen LogP contribution is 2.25. The van der Waals surface area contributed by atoms with Crippen LogP contribution in [0.25, 0.3) is 0 Å². The lowest BCUT2D eigenvalue weighted by Crippen LogP contribution is -2.15. The molecule has 0 fully saturated rings. The largest absolute Gasteiger partial charge is 0.497 e. The molecule has 0 saturated heterocycles. The lowest BCUT2D eigenvalue weighted by Gasteiger charge is -2.13. The molecule has 122 valence electrons. The van der Waals surface area contributed by atoms with Crippen molar-refractivity contribution in [1.29, 1.82) is 0 Å². The van der Waals surface area contributed by atoms with Gasteiger partial charge in [0.15, 0.2) is 0 Å². The predicted molar refractivity (Wildman–Crippen MR) is 85.6 cm³/mol. The summed E-state index contributed by atoms with van der Waals surface area (Å²) in [6.45, 7) is 4.36. The molecule has 1 rings (SSSR count). The van der Waals surface area contributed by atoms with Crippen LogP contribution in [0.1, 0.15) is 19.4 Å². The number of ether oxygens (including phenoxy) is 3. The number of carbonyl (C=O) groups is 1. The van der Waals surface area contributed by atoms with Crippen molar-refractivity contribution in [3.63, 3.8) is 0 Å². The molecular formula is C16H24N2O4. The van der Waals surface area contributed by atoms with Crippen LogP contribution in [0.5, 0.6) is 11.5 Å². The normalized spacial score (nSPS) is 11.0. The van der Waals surface area contributed by atoms with E-state index in [1.165, 1.54) is 0 Å². The summed E-state index contributed by atoms with van der Waals surface area (Å²) in [7, 11) is 5.28. The molecule has 22 heavy (non-hydrogen) atoms. The van der Waals surface area contributed by atoms with E-state index in [0.717, 1.165) is 11.3 Å². The molecule has 0 N–H and O–H groups in total. The molecule has 0 aliphatic heterocycles. The summed E-state index contributed by atoms with van der Waals surface area (Å²) in [6.07, 6.45) is 0.164. The summed E-state index contributed by atoms with van der Waals surface area (Å²) in [5.74, 6) is 0.988. The standard InChI is InChI=1S/C16H24N2O4/c1-6-21-16(19)9-13-7-8-14(20-5)10-15(13)22-11-12(2)17-18(3)4/h7-8,10H,6,9,11H2,1-5H3/b17-12+. The maximum atomic E-state index is 11.7. The van der Waals surface area contributed by atoms with Crippen LogP contribution >= 0.6 is 0 Å². The van der Waals surface area contributed by atoms with E-state index in [2.05, 4.69) is 5.10 Å². The first-order valence-corrected chi connectivity index (χ1v) is 7.13. The van der Waals surface area contributed by atoms with Gasteiger partial charge in [0.25, 0.3) is 0 Å². The quantitative estimate of drug-likeness (QED) is 0.418. The Morgan fingerprint density at radius 1 is 1.32 bits per heavy atom. The third-order valence-electron chi connectivity index (χ3n) is 2.72. The van der Waals surface area contributed by atoms with Crippen LogP contribution in [0, 0.1) is 0 Å². The van der Waals surface area contributed by atoms with Gasteiger partial charge in [-0.15, -0.1) is 0 Å². The highest BCUT2D eigenvalue weighted by atomic mass is 16.5. The average molecular weight is 308 g/mol. The van der Waals surface area contributed by atoms with Crippen molar-refractivity contribution in [2.24, 2.45) is 5.10 Å². The first-order valence-electron chi connectivity index (χ1n) is 7.13. The van der Waals surface area contributed by atoms with Crippen molar-refractivity contribution in [3.05, 3.63) is 23.8 Å². The fourth-order valence-electron chi connectivity index (χ4n) is 1.86. The Bertz CT molecular complexity index is 527. The zero-order chi connectivity index (χ0) is 16.5. The Morgan fingerprint density at radius 3 is 2.64 bits per heavy atom. The number of methoxy groups -OCH3 is 1. The van der Waals surface area contributed by atoms with Crippen molar-refractivity contribution >= 4 is 11.7 Å². The minimum Gasteiger partial charge on any atom is -0.497 e. The zero-order valence-corrected chi connectivity index (χ0v) is 13.9. The highest BCUT2D eigenvalue weighted by molar-refractivity contribution is 5.83. The van der Waals surface area contributed by atoms with Crippen molar-refractivity contribution < 1.29 is 19.0 Å². The van der Waals surface area contributed by atoms with Crippen molar-refractivity contribution in [2.75, 3.05) is 34.4 Å². The number of benzene rings is 1. The van der Waals surface area contributed by atoms with Gasteiger partial charge in [0.05, 0.1) is 25.8 Å². The molecule has 6 heteroatoms. The fraction of sp³-hybridized carbons (Fsp3) is 0.500. The predicted octanol–water partition coefficient (Wildman–Crippen LogP) is 2.12. The summed E-state index contributed by atoms with van der Waals surface area (Å²) in [6, 6.07) is 5.36. The van der Waals surface area contributed by atoms with Crippen molar-refractivity contribution in [1.82, 2.24) is 5.01 Å². The molecule has 0 heterocycles. The van der Waals surface area contributed by atoms with E-state index in [0.29, 0.717) is 24.7 Å². The van der Waals surface area contributed by atoms with Gasteiger partial charge in [-0.2, -0.15) is 5.10 Å². The summed E-state index contributed by atoms with van der Waals surface area (Å²) >= 11 is 0. The van der Waals surface area contributed by atoms with Gasteiger partial charge in [0.1, 0.15) is 18.1 Å². The average Bonchev–Trinajstić information content (AvgIpc) is 2.45. The maximum absolute atomic E-state index is 11.7. The Labute approximate surface area is 131 Å². The van der Waals surface area contributed by atoms with E-state index < -0.39 is 0 Å². The summed E-state index contributed by atoms with van der Waals surface area (Å²) < 4.78 is 16.0. The van der Waals surface area contributed by atoms with E-state index in [9.17, 15) is 4.79 Å². The van der Waals surface area contributed by atoms with E-state index in [1.54, 1.807) is 31.2 Å². The maximum Gasteiger partial charge on any atom is 0.310 e. The second-order valence-corrected chi connectivity index (χ2v) is 4.93. The summed E-state index contributed by atoms with van der Waals surface area (Å²) in [5.41, 5.74) is 1.59. The number of hydrogen-bond acceptors (Lipinski definition) is 6. The van der Waals surface area contributed by atoms with Crippen LogP contribution in [0.15, 0.2) is 23.3 Å². The molecule has 0 atom stereocenters. The smallest absolute Gasteiger partial charge is 0.310 e. The molecule has 0 saturated carbocycles. The molecule has 0 spiro atoms. The Kier molecular flexibility index (Phi) is 7.22. The topological polar surface area (TPSA) is 60.4 Å². The molecule has 1 aromatic rings. The minimum absolute atomic E-state index is 0.164. The molecule has 0 unspecified atom stereocenters. The monoisotopic (exact) mass is 308 g/mol. The minimum atomic E-state index is -0.281. The number of nitrogens with zero attached hydrogens (tertiary/aromatic N) is 2. The second-order valence-electron chi connectivity index (χ2n) is 4.93. The van der Waals surface area contributed by atoms with Crippen LogP contribution in [-0.4, -0.2) is 51.1 Å². The third-order valence-corrected chi connectivity index (χ3v) is 2.72. The van der Waals surface area contributed by atoms with Crippen LogP contribution in [0.4, 0.5) is 0 Å². The van der Waals surface area contributed by atoms with E-state index >= 15 is 0 Å². The second kappa shape index (κ2) is 8.92. The van der Waals surface area contributed by atoms with Gasteiger partial charge < -0.3 is 19.2 Å². The van der Waals surface area contributed by atoms with Crippen molar-refractivity contribution in [2.45, 2.75) is 20.3 Å². The molecule has 0 aliphatic carbocycles. The molecule has 0 amide bonds. The molecule has 0 radical (unpaired) electrons. The van der Waals surface area contributed by atoms with Gasteiger partial charge in [-0.05, 0) is 19.9 Å². The number of esters is 1. The number of rotatable bonds is 8. The van der Waals surface area contributed by atoms with E-state index in [1.807, 2.05) is 27.1 Å². The van der Waals surface area contributed by atoms with Crippen LogP contribution in [0.3, 0.4) is 0 Å². The Morgan fingerprint density at radius 2 is 2.05 bits per heavy atom. The fourth-order valence-corrected chi connectivity index (χ4v) is 1.86. The number of carbonyl (C=O) groups excluding carboxylic acids is 1. The molecular weight excluding hydrogens is 284 g/mol. The van der Waals surface area contributed by atoms with Gasteiger partial charge in [-0.25, -0.2) is 0 Å². The van der Waals surface area contributed by atoms with E-state index in [-0.39, 0.29) is 12.4 Å². The van der Waals surface area contributed by atoms with Gasteiger partial charge in [-0.3, -0.25) is 4.79 Å². The summed E-state index contributed by atoms with van der Waals surface area (Å²) in [5, 5.41) is 5.97. The molecule has 0 aromatic heterocycles. The van der Waals surface area contributed by atoms with E-state index in [4.69, 9.17) is 14.2 Å². The lowest BCUT2D eigenvalue weighted by molar-refractivity contribution is -0.142. The molecule has 0 aliphatic rings. The molecule has 0 bridgehead atoms. The van der Waals surface area contributed by atoms with Crippen LogP contribution in [0.2, 0.25) is 0 Å². The molecule has 6 nitrogen and oxygen atoms in total. The van der Waals surface area contributed by atoms with Crippen LogP contribution < -0.4 is 9.47 Å². The SMILES string of the molecule is CCOC(=O)Cc1ccc(OC)cc1OC/C(C)=N/N(C)C. The molecule has 1 aromatic carbocycles. The first-order chi connectivity index (χ1) is 10.5. The lowest BCUT2D eigenvalue weighted by atomic mass is 10.1. The van der Waals surface area contributed by atoms with Gasteiger partial charge in [0.2, 0.25) is 0 Å². The van der Waals surface area contributed by atoms with Gasteiger partial charge in [0, 0.05) is 25.7 Å². The van der Waals surface area contributed by atoms with Gasteiger partial charge in [-0.1, -0.05) is 6.07 Å². The Balaban J connectivity index is 2.86. The van der Waals surface area contributed by atoms with Crippen molar-refractivity contribution in [3.8, 4) is 11.5 Å². The third kappa shape index (κ3) is 6.03. The summed E-state index contributed by atoms with van der Waals surface area (Å²) in [4.78, 5) is 11.7. The van der Waals surface area contributed by atoms with Crippen LogP contribution in [-0.2, 0) is 16.0 Å². The number of hydrazone groups is 1. The Hall–Kier alpha value is -2.24. The highest BCUT2D eigenvalue weighted by Gasteiger charge is 2.12.